The highest BCUT2D eigenvalue weighted by molar-refractivity contribution is 7.89. The summed E-state index contributed by atoms with van der Waals surface area (Å²) in [6, 6.07) is 3.81. The number of carbonyl (C=O) groups excluding carboxylic acids is 1. The molecule has 0 spiro atoms. The molecular formula is C13H21N3O3S. The van der Waals surface area contributed by atoms with Crippen LogP contribution < -0.4 is 16.2 Å². The lowest BCUT2D eigenvalue weighted by Crippen LogP contribution is -2.45. The van der Waals surface area contributed by atoms with Crippen molar-refractivity contribution in [2.45, 2.75) is 38.6 Å². The molecule has 0 saturated carbocycles. The Labute approximate surface area is 119 Å². The minimum Gasteiger partial charge on any atom is -0.324 e. The van der Waals surface area contributed by atoms with Gasteiger partial charge < -0.3 is 11.1 Å². The molecule has 0 aromatic heterocycles. The number of hydrogen-bond donors (Lipinski definition) is 3. The van der Waals surface area contributed by atoms with Crippen molar-refractivity contribution in [1.29, 1.82) is 0 Å². The molecule has 1 aromatic carbocycles. The smallest absolute Gasteiger partial charge is 0.241 e. The summed E-state index contributed by atoms with van der Waals surface area (Å²) < 4.78 is 22.9. The number of anilines is 1. The zero-order valence-electron chi connectivity index (χ0n) is 12.1. The summed E-state index contributed by atoms with van der Waals surface area (Å²) in [6.07, 6.45) is 0. The van der Waals surface area contributed by atoms with Crippen molar-refractivity contribution in [3.05, 3.63) is 23.8 Å². The maximum atomic E-state index is 12.1. The first-order valence-electron chi connectivity index (χ1n) is 6.13. The number of sulfonamides is 1. The second-order valence-corrected chi connectivity index (χ2v) is 7.34. The molecule has 5 N–H and O–H groups in total. The number of primary sulfonamides is 1. The average Bonchev–Trinajstić information content (AvgIpc) is 2.28. The second kappa shape index (κ2) is 5.51. The topological polar surface area (TPSA) is 115 Å². The van der Waals surface area contributed by atoms with Gasteiger partial charge in [-0.25, -0.2) is 13.6 Å². The Morgan fingerprint density at radius 1 is 1.30 bits per heavy atom. The van der Waals surface area contributed by atoms with Gasteiger partial charge in [-0.3, -0.25) is 4.79 Å². The van der Waals surface area contributed by atoms with E-state index in [2.05, 4.69) is 5.32 Å². The van der Waals surface area contributed by atoms with Gasteiger partial charge >= 0.3 is 0 Å². The summed E-state index contributed by atoms with van der Waals surface area (Å²) in [6.45, 7) is 7.14. The highest BCUT2D eigenvalue weighted by atomic mass is 32.2. The summed E-state index contributed by atoms with van der Waals surface area (Å²) in [5.41, 5.74) is 6.25. The lowest BCUT2D eigenvalue weighted by molar-refractivity contribution is -0.119. The summed E-state index contributed by atoms with van der Waals surface area (Å²) in [5, 5.41) is 7.77. The first-order valence-corrected chi connectivity index (χ1v) is 7.68. The van der Waals surface area contributed by atoms with Gasteiger partial charge in [-0.2, -0.15) is 0 Å². The van der Waals surface area contributed by atoms with E-state index < -0.39 is 21.5 Å². The average molecular weight is 299 g/mol. The van der Waals surface area contributed by atoms with Crippen molar-refractivity contribution in [3.8, 4) is 0 Å². The maximum absolute atomic E-state index is 12.1. The van der Waals surface area contributed by atoms with Gasteiger partial charge in [-0.05, 0) is 30.0 Å². The molecule has 0 saturated heterocycles. The van der Waals surface area contributed by atoms with Crippen LogP contribution in [0.2, 0.25) is 0 Å². The van der Waals surface area contributed by atoms with Gasteiger partial charge in [0.25, 0.3) is 0 Å². The summed E-state index contributed by atoms with van der Waals surface area (Å²) >= 11 is 0. The van der Waals surface area contributed by atoms with E-state index in [-0.39, 0.29) is 10.8 Å². The Hall–Kier alpha value is -1.44. The highest BCUT2D eigenvalue weighted by Crippen LogP contribution is 2.24. The van der Waals surface area contributed by atoms with E-state index in [0.29, 0.717) is 11.3 Å². The predicted octanol–water partition coefficient (Wildman–Crippen LogP) is 0.954. The van der Waals surface area contributed by atoms with Gasteiger partial charge in [0.05, 0.1) is 10.9 Å². The lowest BCUT2D eigenvalue weighted by atomic mass is 9.87. The minimum absolute atomic E-state index is 0.0142. The zero-order valence-corrected chi connectivity index (χ0v) is 12.9. The third-order valence-electron chi connectivity index (χ3n) is 3.06. The van der Waals surface area contributed by atoms with Gasteiger partial charge in [-0.1, -0.05) is 26.8 Å². The summed E-state index contributed by atoms with van der Waals surface area (Å²) in [4.78, 5) is 12.0. The Kier molecular flexibility index (Phi) is 4.58. The van der Waals surface area contributed by atoms with Crippen LogP contribution in [-0.4, -0.2) is 20.4 Å². The summed E-state index contributed by atoms with van der Waals surface area (Å²) in [7, 11) is -3.82. The fourth-order valence-electron chi connectivity index (χ4n) is 1.66. The number of hydrogen-bond acceptors (Lipinski definition) is 4. The number of benzene rings is 1. The van der Waals surface area contributed by atoms with Crippen LogP contribution in [0, 0.1) is 12.3 Å². The van der Waals surface area contributed by atoms with E-state index in [9.17, 15) is 13.2 Å². The van der Waals surface area contributed by atoms with Crippen LogP contribution >= 0.6 is 0 Å². The second-order valence-electron chi connectivity index (χ2n) is 5.81. The monoisotopic (exact) mass is 299 g/mol. The SMILES string of the molecule is Cc1c(NC(=O)[C@@H](N)C(C)(C)C)cccc1S(N)(=O)=O. The molecular weight excluding hydrogens is 278 g/mol. The number of nitrogens with two attached hydrogens (primary N) is 2. The van der Waals surface area contributed by atoms with Crippen LogP contribution in [0.3, 0.4) is 0 Å². The number of nitrogens with one attached hydrogen (secondary N) is 1. The van der Waals surface area contributed by atoms with Gasteiger partial charge in [-0.15, -0.1) is 0 Å². The number of carbonyl (C=O) groups is 1. The quantitative estimate of drug-likeness (QED) is 0.770. The third kappa shape index (κ3) is 3.78. The van der Waals surface area contributed by atoms with Crippen molar-refractivity contribution < 1.29 is 13.2 Å². The molecule has 0 aliphatic heterocycles. The third-order valence-corrected chi connectivity index (χ3v) is 4.12. The van der Waals surface area contributed by atoms with Crippen molar-refractivity contribution in [3.63, 3.8) is 0 Å². The molecule has 6 nitrogen and oxygen atoms in total. The van der Waals surface area contributed by atoms with Crippen molar-refractivity contribution in [2.75, 3.05) is 5.32 Å². The van der Waals surface area contributed by atoms with E-state index in [1.165, 1.54) is 12.1 Å². The number of amides is 1. The molecule has 0 radical (unpaired) electrons. The fourth-order valence-corrected chi connectivity index (χ4v) is 2.47. The highest BCUT2D eigenvalue weighted by Gasteiger charge is 2.28. The normalized spacial score (nSPS) is 13.9. The first-order chi connectivity index (χ1) is 8.94. The molecule has 1 aromatic rings. The molecule has 0 fully saturated rings. The van der Waals surface area contributed by atoms with Crippen LogP contribution in [0.5, 0.6) is 0 Å². The van der Waals surface area contributed by atoms with E-state index in [1.54, 1.807) is 13.0 Å². The minimum atomic E-state index is -3.82. The van der Waals surface area contributed by atoms with Crippen molar-refractivity contribution in [1.82, 2.24) is 0 Å². The molecule has 0 heterocycles. The molecule has 20 heavy (non-hydrogen) atoms. The molecule has 1 rings (SSSR count). The van der Waals surface area contributed by atoms with Crippen molar-refractivity contribution >= 4 is 21.6 Å². The summed E-state index contributed by atoms with van der Waals surface area (Å²) in [5.74, 6) is -0.368. The fraction of sp³-hybridized carbons (Fsp3) is 0.462. The van der Waals surface area contributed by atoms with Crippen LogP contribution in [0.25, 0.3) is 0 Å². The molecule has 112 valence electrons. The van der Waals surface area contributed by atoms with E-state index >= 15 is 0 Å². The first kappa shape index (κ1) is 16.6. The Morgan fingerprint density at radius 3 is 2.30 bits per heavy atom. The Morgan fingerprint density at radius 2 is 1.85 bits per heavy atom. The lowest BCUT2D eigenvalue weighted by Gasteiger charge is -2.26. The van der Waals surface area contributed by atoms with Gasteiger partial charge in [0.15, 0.2) is 0 Å². The van der Waals surface area contributed by atoms with Crippen LogP contribution in [-0.2, 0) is 14.8 Å². The molecule has 0 unspecified atom stereocenters. The standard InChI is InChI=1S/C13H21N3O3S/c1-8-9(6-5-7-10(8)20(15,18)19)16-12(17)11(14)13(2,3)4/h5-7,11H,14H2,1-4H3,(H,16,17)(H2,15,18,19)/t11-/m1/s1. The number of rotatable bonds is 3. The molecule has 0 aliphatic carbocycles. The Balaban J connectivity index is 3.10. The van der Waals surface area contributed by atoms with E-state index in [4.69, 9.17) is 10.9 Å². The largest absolute Gasteiger partial charge is 0.324 e. The van der Waals surface area contributed by atoms with Crippen molar-refractivity contribution in [2.24, 2.45) is 16.3 Å². The molecule has 0 aliphatic rings. The van der Waals surface area contributed by atoms with Gasteiger partial charge in [0, 0.05) is 5.69 Å². The van der Waals surface area contributed by atoms with Crippen LogP contribution in [0.1, 0.15) is 26.3 Å². The van der Waals surface area contributed by atoms with Gasteiger partial charge in [0.1, 0.15) is 0 Å². The Bertz CT molecular complexity index is 618. The molecule has 7 heteroatoms. The van der Waals surface area contributed by atoms with Gasteiger partial charge in [0.2, 0.25) is 15.9 Å². The predicted molar refractivity (Wildman–Crippen MR) is 78.6 cm³/mol. The molecule has 1 amide bonds. The molecule has 0 bridgehead atoms. The van der Waals surface area contributed by atoms with Crippen LogP contribution in [0.4, 0.5) is 5.69 Å². The maximum Gasteiger partial charge on any atom is 0.241 e. The van der Waals surface area contributed by atoms with Crippen LogP contribution in [0.15, 0.2) is 23.1 Å². The zero-order chi connectivity index (χ0) is 15.7. The molecule has 1 atom stereocenters. The van der Waals surface area contributed by atoms with E-state index in [1.807, 2.05) is 20.8 Å². The van der Waals surface area contributed by atoms with E-state index in [0.717, 1.165) is 0 Å².